The summed E-state index contributed by atoms with van der Waals surface area (Å²) in [7, 11) is 3.78. The summed E-state index contributed by atoms with van der Waals surface area (Å²) >= 11 is 1.74. The quantitative estimate of drug-likeness (QED) is 0.192. The number of thioether (sulfide) groups is 1. The Kier molecular flexibility index (Phi) is 12.5. The van der Waals surface area contributed by atoms with Crippen molar-refractivity contribution < 1.29 is 9.53 Å². The molecule has 0 aromatic heterocycles. The molecule has 0 saturated carbocycles. The molecule has 0 fully saturated rings. The van der Waals surface area contributed by atoms with Crippen molar-refractivity contribution in [1.82, 2.24) is 15.5 Å². The van der Waals surface area contributed by atoms with Crippen LogP contribution in [0.3, 0.4) is 0 Å². The van der Waals surface area contributed by atoms with Gasteiger partial charge in [0.05, 0.1) is 0 Å². The standard InChI is InChI=1S/C19H32N4O2S.HI/c1-19(2,3)25-18(24)22-13-7-12-21-17(20-4)23(5)14-15-8-10-16(26-6)11-9-15;/h8-11H,7,12-14H2,1-6H3,(H,20,21)(H,22,24);1H. The molecule has 27 heavy (non-hydrogen) atoms. The SMILES string of the molecule is CN=C(NCCCNC(=O)OC(C)(C)C)N(C)Cc1ccc(SC)cc1.I. The summed E-state index contributed by atoms with van der Waals surface area (Å²) in [5, 5.41) is 6.07. The zero-order valence-electron chi connectivity index (χ0n) is 17.2. The van der Waals surface area contributed by atoms with E-state index in [1.165, 1.54) is 10.5 Å². The van der Waals surface area contributed by atoms with E-state index in [1.54, 1.807) is 18.8 Å². The highest BCUT2D eigenvalue weighted by molar-refractivity contribution is 14.0. The number of halogens is 1. The number of alkyl carbamates (subject to hydrolysis) is 1. The highest BCUT2D eigenvalue weighted by Crippen LogP contribution is 2.15. The number of carbonyl (C=O) groups is 1. The topological polar surface area (TPSA) is 66.0 Å². The molecular formula is C19H33IN4O2S. The summed E-state index contributed by atoms with van der Waals surface area (Å²) in [5.74, 6) is 0.830. The molecule has 0 heterocycles. The van der Waals surface area contributed by atoms with Gasteiger partial charge in [-0.25, -0.2) is 4.79 Å². The third-order valence-electron chi connectivity index (χ3n) is 3.46. The van der Waals surface area contributed by atoms with Crippen molar-refractivity contribution in [2.45, 2.75) is 44.2 Å². The van der Waals surface area contributed by atoms with Crippen molar-refractivity contribution in [3.63, 3.8) is 0 Å². The van der Waals surface area contributed by atoms with Crippen LogP contribution < -0.4 is 10.6 Å². The average Bonchev–Trinajstić information content (AvgIpc) is 2.57. The second-order valence-electron chi connectivity index (χ2n) is 6.96. The smallest absolute Gasteiger partial charge is 0.407 e. The monoisotopic (exact) mass is 508 g/mol. The Bertz CT molecular complexity index is 588. The normalized spacial score (nSPS) is 11.4. The minimum absolute atomic E-state index is 0. The predicted octanol–water partition coefficient (Wildman–Crippen LogP) is 3.95. The first kappa shape index (κ1) is 25.8. The lowest BCUT2D eigenvalue weighted by atomic mass is 10.2. The van der Waals surface area contributed by atoms with Crippen LogP contribution >= 0.6 is 35.7 Å². The average molecular weight is 508 g/mol. The van der Waals surface area contributed by atoms with Crippen LogP contribution in [0.1, 0.15) is 32.8 Å². The maximum atomic E-state index is 11.6. The van der Waals surface area contributed by atoms with Crippen molar-refractivity contribution in [3.8, 4) is 0 Å². The van der Waals surface area contributed by atoms with Gasteiger partial charge in [-0.1, -0.05) is 12.1 Å². The van der Waals surface area contributed by atoms with Crippen molar-refractivity contribution in [3.05, 3.63) is 29.8 Å². The number of hydrogen-bond donors (Lipinski definition) is 2. The van der Waals surface area contributed by atoms with E-state index in [0.29, 0.717) is 6.54 Å². The maximum absolute atomic E-state index is 11.6. The van der Waals surface area contributed by atoms with E-state index >= 15 is 0 Å². The fraction of sp³-hybridized carbons (Fsp3) is 0.579. The summed E-state index contributed by atoms with van der Waals surface area (Å²) in [6, 6.07) is 8.54. The maximum Gasteiger partial charge on any atom is 0.407 e. The Hall–Kier alpha value is -1.16. The van der Waals surface area contributed by atoms with Gasteiger partial charge in [0.1, 0.15) is 5.60 Å². The van der Waals surface area contributed by atoms with Crippen molar-refractivity contribution >= 4 is 47.8 Å². The van der Waals surface area contributed by atoms with Crippen LogP contribution in [0, 0.1) is 0 Å². The minimum atomic E-state index is -0.471. The largest absolute Gasteiger partial charge is 0.444 e. The lowest BCUT2D eigenvalue weighted by molar-refractivity contribution is 0.0527. The molecule has 1 aromatic carbocycles. The Morgan fingerprint density at radius 2 is 1.78 bits per heavy atom. The molecule has 1 amide bonds. The van der Waals surface area contributed by atoms with Gasteiger partial charge < -0.3 is 20.3 Å². The summed E-state index contributed by atoms with van der Waals surface area (Å²) in [4.78, 5) is 19.2. The zero-order valence-corrected chi connectivity index (χ0v) is 20.3. The third kappa shape index (κ3) is 11.3. The molecule has 0 aliphatic carbocycles. The minimum Gasteiger partial charge on any atom is -0.444 e. The molecule has 0 aliphatic heterocycles. The van der Waals surface area contributed by atoms with E-state index in [1.807, 2.05) is 27.8 Å². The van der Waals surface area contributed by atoms with Gasteiger partial charge in [-0.15, -0.1) is 35.7 Å². The molecule has 0 bridgehead atoms. The summed E-state index contributed by atoms with van der Waals surface area (Å²) < 4.78 is 5.20. The molecule has 0 aliphatic rings. The molecule has 0 saturated heterocycles. The first-order chi connectivity index (χ1) is 12.2. The number of hydrogen-bond acceptors (Lipinski definition) is 4. The first-order valence-corrected chi connectivity index (χ1v) is 9.99. The van der Waals surface area contributed by atoms with Gasteiger partial charge in [-0.2, -0.15) is 0 Å². The van der Waals surface area contributed by atoms with Crippen LogP contribution in [-0.2, 0) is 11.3 Å². The molecule has 0 atom stereocenters. The van der Waals surface area contributed by atoms with Crippen LogP contribution in [0.15, 0.2) is 34.2 Å². The predicted molar refractivity (Wildman–Crippen MR) is 125 cm³/mol. The number of guanidine groups is 1. The van der Waals surface area contributed by atoms with E-state index in [0.717, 1.165) is 25.5 Å². The van der Waals surface area contributed by atoms with Gasteiger partial charge in [0.25, 0.3) is 0 Å². The highest BCUT2D eigenvalue weighted by Gasteiger charge is 2.15. The van der Waals surface area contributed by atoms with Crippen molar-refractivity contribution in [2.24, 2.45) is 4.99 Å². The van der Waals surface area contributed by atoms with Crippen LogP contribution in [0.5, 0.6) is 0 Å². The van der Waals surface area contributed by atoms with E-state index < -0.39 is 5.60 Å². The van der Waals surface area contributed by atoms with E-state index in [-0.39, 0.29) is 30.1 Å². The number of carbonyl (C=O) groups excluding carboxylic acids is 1. The van der Waals surface area contributed by atoms with Crippen LogP contribution in [-0.4, -0.2) is 56.0 Å². The fourth-order valence-corrected chi connectivity index (χ4v) is 2.67. The lowest BCUT2D eigenvalue weighted by Gasteiger charge is -2.22. The summed E-state index contributed by atoms with van der Waals surface area (Å²) in [5.41, 5.74) is 0.765. The Balaban J connectivity index is 0.00000676. The van der Waals surface area contributed by atoms with E-state index in [9.17, 15) is 4.79 Å². The molecular weight excluding hydrogens is 475 g/mol. The van der Waals surface area contributed by atoms with E-state index in [4.69, 9.17) is 4.74 Å². The van der Waals surface area contributed by atoms with Crippen LogP contribution in [0.4, 0.5) is 4.79 Å². The molecule has 8 heteroatoms. The zero-order chi connectivity index (χ0) is 19.6. The Morgan fingerprint density at radius 3 is 2.30 bits per heavy atom. The molecule has 6 nitrogen and oxygen atoms in total. The van der Waals surface area contributed by atoms with Gasteiger partial charge in [0.15, 0.2) is 5.96 Å². The molecule has 154 valence electrons. The number of rotatable bonds is 7. The van der Waals surface area contributed by atoms with Crippen LogP contribution in [0.25, 0.3) is 0 Å². The number of aliphatic imine (C=N–C) groups is 1. The number of benzene rings is 1. The molecule has 1 aromatic rings. The molecule has 2 N–H and O–H groups in total. The number of nitrogens with one attached hydrogen (secondary N) is 2. The Morgan fingerprint density at radius 1 is 1.19 bits per heavy atom. The van der Waals surface area contributed by atoms with Crippen LogP contribution in [0.2, 0.25) is 0 Å². The van der Waals surface area contributed by atoms with Gasteiger partial charge in [-0.3, -0.25) is 4.99 Å². The summed E-state index contributed by atoms with van der Waals surface area (Å²) in [6.07, 6.45) is 2.48. The summed E-state index contributed by atoms with van der Waals surface area (Å²) in [6.45, 7) is 7.61. The Labute approximate surface area is 184 Å². The molecule has 0 unspecified atom stereocenters. The second kappa shape index (κ2) is 13.1. The molecule has 0 radical (unpaired) electrons. The first-order valence-electron chi connectivity index (χ1n) is 8.76. The lowest BCUT2D eigenvalue weighted by Crippen LogP contribution is -2.40. The number of ether oxygens (including phenoxy) is 1. The molecule has 0 spiro atoms. The number of amides is 1. The van der Waals surface area contributed by atoms with Crippen molar-refractivity contribution in [1.29, 1.82) is 0 Å². The number of nitrogens with zero attached hydrogens (tertiary/aromatic N) is 2. The highest BCUT2D eigenvalue weighted by atomic mass is 127. The van der Waals surface area contributed by atoms with E-state index in [2.05, 4.69) is 51.0 Å². The third-order valence-corrected chi connectivity index (χ3v) is 4.20. The van der Waals surface area contributed by atoms with Gasteiger partial charge in [0, 0.05) is 38.6 Å². The fourth-order valence-electron chi connectivity index (χ4n) is 2.26. The second-order valence-corrected chi connectivity index (χ2v) is 7.84. The van der Waals surface area contributed by atoms with Gasteiger partial charge >= 0.3 is 6.09 Å². The van der Waals surface area contributed by atoms with Gasteiger partial charge in [-0.05, 0) is 51.1 Å². The van der Waals surface area contributed by atoms with Gasteiger partial charge in [0.2, 0.25) is 0 Å². The molecule has 1 rings (SSSR count). The van der Waals surface area contributed by atoms with Crippen molar-refractivity contribution in [2.75, 3.05) is 33.4 Å².